The van der Waals surface area contributed by atoms with E-state index < -0.39 is 0 Å². The fourth-order valence-electron chi connectivity index (χ4n) is 2.05. The van der Waals surface area contributed by atoms with E-state index in [1.54, 1.807) is 0 Å². The third kappa shape index (κ3) is 3.46. The lowest BCUT2D eigenvalue weighted by molar-refractivity contribution is -0.118. The van der Waals surface area contributed by atoms with Gasteiger partial charge in [0.15, 0.2) is 0 Å². The van der Waals surface area contributed by atoms with E-state index in [2.05, 4.69) is 15.7 Å². The van der Waals surface area contributed by atoms with Crippen molar-refractivity contribution in [2.75, 3.05) is 12.0 Å². The maximum absolute atomic E-state index is 12.2. The number of nitrogens with two attached hydrogens (primary N) is 2. The number of anilines is 1. The van der Waals surface area contributed by atoms with Crippen LogP contribution in [0.4, 0.5) is 5.82 Å². The number of pyridine rings is 1. The van der Waals surface area contributed by atoms with Crippen LogP contribution in [0.5, 0.6) is 0 Å². The zero-order chi connectivity index (χ0) is 15.2. The molecule has 1 aromatic heterocycles. The highest BCUT2D eigenvalue weighted by Crippen LogP contribution is 2.23. The van der Waals surface area contributed by atoms with Crippen LogP contribution >= 0.6 is 0 Å². The second-order valence-electron chi connectivity index (χ2n) is 4.54. The Labute approximate surface area is 121 Å². The topological polar surface area (TPSA) is 123 Å². The van der Waals surface area contributed by atoms with E-state index in [1.165, 1.54) is 6.20 Å². The van der Waals surface area contributed by atoms with Crippen LogP contribution in [0.2, 0.25) is 0 Å². The Morgan fingerprint density at radius 1 is 1.19 bits per heavy atom. The number of primary amides is 1. The minimum absolute atomic E-state index is 0.244. The molecule has 1 heterocycles. The Morgan fingerprint density at radius 3 is 2.57 bits per heavy atom. The van der Waals surface area contributed by atoms with Crippen molar-refractivity contribution in [2.45, 2.75) is 12.8 Å². The third-order valence-electron chi connectivity index (χ3n) is 3.06. The molecule has 1 aromatic carbocycles. The fraction of sp³-hybridized carbons (Fsp3) is 0.214. The second-order valence-corrected chi connectivity index (χ2v) is 4.54. The molecule has 0 fully saturated rings. The number of hydrogen-bond donors (Lipinski definition) is 4. The summed E-state index contributed by atoms with van der Waals surface area (Å²) in [5.41, 5.74) is 8.01. The van der Waals surface area contributed by atoms with Crippen LogP contribution in [0, 0.1) is 0 Å². The highest BCUT2D eigenvalue weighted by molar-refractivity contribution is 6.09. The maximum Gasteiger partial charge on any atom is 0.253 e. The van der Waals surface area contributed by atoms with Crippen LogP contribution in [0.25, 0.3) is 10.8 Å². The molecule has 0 saturated heterocycles. The molecule has 7 heteroatoms. The van der Waals surface area contributed by atoms with Crippen molar-refractivity contribution in [3.63, 3.8) is 0 Å². The van der Waals surface area contributed by atoms with Gasteiger partial charge < -0.3 is 16.5 Å². The predicted octanol–water partition coefficient (Wildman–Crippen LogP) is 0.516. The molecule has 21 heavy (non-hydrogen) atoms. The molecule has 6 N–H and O–H groups in total. The number of nitrogens with one attached hydrogen (secondary N) is 2. The summed E-state index contributed by atoms with van der Waals surface area (Å²) in [5, 5.41) is 4.27. The second kappa shape index (κ2) is 6.67. The number of hydrogen-bond acceptors (Lipinski definition) is 5. The standard InChI is InChI=1S/C14H17N5O2/c15-12(20)6-3-7-17-14(21)11-8-18-13(19-16)10-5-2-1-4-9(10)11/h1-2,4-5,8H,3,6-7,16H2,(H2,15,20)(H,17,21)(H,18,19). The minimum atomic E-state index is -0.380. The van der Waals surface area contributed by atoms with Crippen LogP contribution in [-0.2, 0) is 4.79 Å². The van der Waals surface area contributed by atoms with Gasteiger partial charge in [-0.05, 0) is 11.8 Å². The first-order valence-corrected chi connectivity index (χ1v) is 6.54. The van der Waals surface area contributed by atoms with Gasteiger partial charge in [0, 0.05) is 24.5 Å². The Kier molecular flexibility index (Phi) is 4.68. The molecule has 0 unspecified atom stereocenters. The average Bonchev–Trinajstić information content (AvgIpc) is 2.50. The van der Waals surface area contributed by atoms with Crippen LogP contribution in [0.1, 0.15) is 23.2 Å². The summed E-state index contributed by atoms with van der Waals surface area (Å²) in [6.07, 6.45) is 2.23. The van der Waals surface area contributed by atoms with Gasteiger partial charge in [-0.1, -0.05) is 24.3 Å². The Balaban J connectivity index is 2.18. The molecule has 0 atom stereocenters. The summed E-state index contributed by atoms with van der Waals surface area (Å²) in [6.45, 7) is 0.382. The predicted molar refractivity (Wildman–Crippen MR) is 80.3 cm³/mol. The summed E-state index contributed by atoms with van der Waals surface area (Å²) < 4.78 is 0. The molecular weight excluding hydrogens is 270 g/mol. The van der Waals surface area contributed by atoms with E-state index >= 15 is 0 Å². The molecule has 2 aromatic rings. The van der Waals surface area contributed by atoms with E-state index in [0.717, 1.165) is 10.8 Å². The lowest BCUT2D eigenvalue weighted by Gasteiger charge is -2.10. The van der Waals surface area contributed by atoms with Crippen LogP contribution in [-0.4, -0.2) is 23.3 Å². The van der Waals surface area contributed by atoms with Gasteiger partial charge in [0.2, 0.25) is 5.91 Å². The Bertz CT molecular complexity index is 671. The van der Waals surface area contributed by atoms with Crippen molar-refractivity contribution >= 4 is 28.4 Å². The normalized spacial score (nSPS) is 10.3. The number of fused-ring (bicyclic) bond motifs is 1. The van der Waals surface area contributed by atoms with Gasteiger partial charge in [-0.2, -0.15) is 0 Å². The number of carbonyl (C=O) groups is 2. The number of rotatable bonds is 6. The summed E-state index contributed by atoms with van der Waals surface area (Å²) in [4.78, 5) is 27.0. The minimum Gasteiger partial charge on any atom is -0.370 e. The smallest absolute Gasteiger partial charge is 0.253 e. The lowest BCUT2D eigenvalue weighted by atomic mass is 10.1. The molecule has 110 valence electrons. The van der Waals surface area contributed by atoms with Crippen molar-refractivity contribution < 1.29 is 9.59 Å². The van der Waals surface area contributed by atoms with E-state index in [-0.39, 0.29) is 18.2 Å². The molecule has 0 aliphatic rings. The van der Waals surface area contributed by atoms with Gasteiger partial charge in [-0.15, -0.1) is 0 Å². The summed E-state index contributed by atoms with van der Waals surface area (Å²) in [5.74, 6) is 5.30. The molecule has 7 nitrogen and oxygen atoms in total. The monoisotopic (exact) mass is 287 g/mol. The molecule has 0 aliphatic carbocycles. The van der Waals surface area contributed by atoms with Gasteiger partial charge in [0.05, 0.1) is 5.56 Å². The maximum atomic E-state index is 12.2. The van der Waals surface area contributed by atoms with Gasteiger partial charge in [-0.3, -0.25) is 9.59 Å². The fourth-order valence-corrected chi connectivity index (χ4v) is 2.05. The van der Waals surface area contributed by atoms with E-state index in [0.29, 0.717) is 24.3 Å². The van der Waals surface area contributed by atoms with Crippen LogP contribution in [0.15, 0.2) is 30.5 Å². The van der Waals surface area contributed by atoms with Gasteiger partial charge in [0.25, 0.3) is 5.91 Å². The first kappa shape index (κ1) is 14.7. The zero-order valence-electron chi connectivity index (χ0n) is 11.4. The van der Waals surface area contributed by atoms with Crippen molar-refractivity contribution in [1.29, 1.82) is 0 Å². The van der Waals surface area contributed by atoms with Gasteiger partial charge >= 0.3 is 0 Å². The highest BCUT2D eigenvalue weighted by atomic mass is 16.2. The van der Waals surface area contributed by atoms with Crippen molar-refractivity contribution in [1.82, 2.24) is 10.3 Å². The number of aromatic nitrogens is 1. The lowest BCUT2D eigenvalue weighted by Crippen LogP contribution is -2.26. The molecule has 0 radical (unpaired) electrons. The number of hydrazine groups is 1. The SMILES string of the molecule is NNc1ncc(C(=O)NCCCC(N)=O)c2ccccc12. The molecule has 0 aliphatic heterocycles. The number of nitrogen functional groups attached to an aromatic ring is 1. The molecule has 0 bridgehead atoms. The first-order chi connectivity index (χ1) is 10.1. The molecule has 2 amide bonds. The number of benzene rings is 1. The number of nitrogens with zero attached hydrogens (tertiary/aromatic N) is 1. The van der Waals surface area contributed by atoms with E-state index in [9.17, 15) is 9.59 Å². The van der Waals surface area contributed by atoms with Crippen LogP contribution < -0.4 is 22.3 Å². The third-order valence-corrected chi connectivity index (χ3v) is 3.06. The Hall–Kier alpha value is -2.67. The molecule has 2 rings (SSSR count). The Morgan fingerprint density at radius 2 is 1.90 bits per heavy atom. The summed E-state index contributed by atoms with van der Waals surface area (Å²) >= 11 is 0. The number of amides is 2. The largest absolute Gasteiger partial charge is 0.370 e. The van der Waals surface area contributed by atoms with Crippen molar-refractivity contribution in [3.05, 3.63) is 36.0 Å². The summed E-state index contributed by atoms with van der Waals surface area (Å²) in [7, 11) is 0. The average molecular weight is 287 g/mol. The summed E-state index contributed by atoms with van der Waals surface area (Å²) in [6, 6.07) is 7.35. The van der Waals surface area contributed by atoms with Crippen LogP contribution in [0.3, 0.4) is 0 Å². The first-order valence-electron chi connectivity index (χ1n) is 6.54. The zero-order valence-corrected chi connectivity index (χ0v) is 11.4. The molecule has 0 spiro atoms. The van der Waals surface area contributed by atoms with Gasteiger partial charge in [-0.25, -0.2) is 10.8 Å². The van der Waals surface area contributed by atoms with Gasteiger partial charge in [0.1, 0.15) is 5.82 Å². The van der Waals surface area contributed by atoms with Crippen molar-refractivity contribution in [2.24, 2.45) is 11.6 Å². The van der Waals surface area contributed by atoms with Crippen molar-refractivity contribution in [3.8, 4) is 0 Å². The quantitative estimate of drug-likeness (QED) is 0.350. The highest BCUT2D eigenvalue weighted by Gasteiger charge is 2.12. The number of carbonyl (C=O) groups excluding carboxylic acids is 2. The van der Waals surface area contributed by atoms with E-state index in [4.69, 9.17) is 11.6 Å². The van der Waals surface area contributed by atoms with E-state index in [1.807, 2.05) is 24.3 Å². The molecule has 0 saturated carbocycles. The molecular formula is C14H17N5O2.